The van der Waals surface area contributed by atoms with E-state index in [0.717, 1.165) is 5.82 Å². The summed E-state index contributed by atoms with van der Waals surface area (Å²) in [7, 11) is 0. The number of hydrogen-bond acceptors (Lipinski definition) is 2. The van der Waals surface area contributed by atoms with E-state index in [2.05, 4.69) is 16.2 Å². The largest absolute Gasteiger partial charge is 0.367 e. The molecule has 2 rings (SSSR count). The molecule has 1 aromatic rings. The highest BCUT2D eigenvalue weighted by Crippen LogP contribution is 2.23. The van der Waals surface area contributed by atoms with Crippen LogP contribution in [0.5, 0.6) is 0 Å². The molecule has 0 aliphatic heterocycles. The summed E-state index contributed by atoms with van der Waals surface area (Å²) in [5.41, 5.74) is 0.695. The van der Waals surface area contributed by atoms with Gasteiger partial charge in [-0.25, -0.2) is 4.98 Å². The average Bonchev–Trinajstić information content (AvgIpc) is 2.89. The van der Waals surface area contributed by atoms with E-state index in [1.54, 1.807) is 0 Å². The maximum Gasteiger partial charge on any atom is 0.127 e. The summed E-state index contributed by atoms with van der Waals surface area (Å²) in [6.07, 6.45) is 7.73. The summed E-state index contributed by atoms with van der Waals surface area (Å²) in [5.74, 6) is 3.41. The van der Waals surface area contributed by atoms with Gasteiger partial charge in [-0.3, -0.25) is 0 Å². The highest BCUT2D eigenvalue weighted by Gasteiger charge is 2.20. The molecular formula is C10H10N2. The van der Waals surface area contributed by atoms with E-state index in [4.69, 9.17) is 6.42 Å². The van der Waals surface area contributed by atoms with Gasteiger partial charge in [0, 0.05) is 6.04 Å². The normalized spacial score (nSPS) is 15.2. The van der Waals surface area contributed by atoms with E-state index in [0.29, 0.717) is 11.7 Å². The third-order valence-electron chi connectivity index (χ3n) is 1.83. The van der Waals surface area contributed by atoms with Crippen LogP contribution in [-0.2, 0) is 0 Å². The number of nitrogens with one attached hydrogen (secondary N) is 1. The maximum absolute atomic E-state index is 5.22. The Morgan fingerprint density at radius 3 is 3.00 bits per heavy atom. The fraction of sp³-hybridized carbons (Fsp3) is 0.300. The third kappa shape index (κ3) is 1.57. The van der Waals surface area contributed by atoms with E-state index in [1.165, 1.54) is 12.8 Å². The van der Waals surface area contributed by atoms with Gasteiger partial charge in [0.05, 0.1) is 0 Å². The van der Waals surface area contributed by atoms with Gasteiger partial charge >= 0.3 is 0 Å². The predicted octanol–water partition coefficient (Wildman–Crippen LogP) is 1.64. The Bertz CT molecular complexity index is 321. The molecule has 60 valence electrons. The van der Waals surface area contributed by atoms with Crippen LogP contribution < -0.4 is 5.32 Å². The van der Waals surface area contributed by atoms with Crippen molar-refractivity contribution < 1.29 is 0 Å². The Kier molecular flexibility index (Phi) is 1.71. The van der Waals surface area contributed by atoms with Crippen LogP contribution in [-0.4, -0.2) is 11.0 Å². The van der Waals surface area contributed by atoms with Gasteiger partial charge in [-0.1, -0.05) is 12.0 Å². The second-order valence-corrected chi connectivity index (χ2v) is 2.97. The van der Waals surface area contributed by atoms with E-state index in [-0.39, 0.29) is 0 Å². The SMILES string of the molecule is C#Cc1cccc(NC2CC2)n1. The Balaban J connectivity index is 2.15. The summed E-state index contributed by atoms with van der Waals surface area (Å²) in [6, 6.07) is 6.33. The second-order valence-electron chi connectivity index (χ2n) is 2.97. The Morgan fingerprint density at radius 2 is 2.33 bits per heavy atom. The van der Waals surface area contributed by atoms with Crippen molar-refractivity contribution in [1.82, 2.24) is 4.98 Å². The molecule has 0 radical (unpaired) electrons. The first-order valence-corrected chi connectivity index (χ1v) is 4.09. The highest BCUT2D eigenvalue weighted by atomic mass is 15.0. The summed E-state index contributed by atoms with van der Waals surface area (Å²) in [4.78, 5) is 4.22. The van der Waals surface area contributed by atoms with E-state index >= 15 is 0 Å². The minimum absolute atomic E-state index is 0.630. The van der Waals surface area contributed by atoms with Gasteiger partial charge in [0.15, 0.2) is 0 Å². The number of nitrogens with zero attached hydrogens (tertiary/aromatic N) is 1. The van der Waals surface area contributed by atoms with Gasteiger partial charge in [-0.05, 0) is 25.0 Å². The van der Waals surface area contributed by atoms with Crippen LogP contribution in [0.1, 0.15) is 18.5 Å². The maximum atomic E-state index is 5.22. The monoisotopic (exact) mass is 158 g/mol. The van der Waals surface area contributed by atoms with Crippen LogP contribution in [0, 0.1) is 12.3 Å². The van der Waals surface area contributed by atoms with Gasteiger partial charge < -0.3 is 5.32 Å². The topological polar surface area (TPSA) is 24.9 Å². The average molecular weight is 158 g/mol. The number of anilines is 1. The summed E-state index contributed by atoms with van der Waals surface area (Å²) < 4.78 is 0. The summed E-state index contributed by atoms with van der Waals surface area (Å²) in [5, 5.41) is 3.28. The smallest absolute Gasteiger partial charge is 0.127 e. The van der Waals surface area contributed by atoms with Crippen molar-refractivity contribution in [2.45, 2.75) is 18.9 Å². The molecule has 1 fully saturated rings. The molecule has 12 heavy (non-hydrogen) atoms. The fourth-order valence-electron chi connectivity index (χ4n) is 1.03. The van der Waals surface area contributed by atoms with Crippen molar-refractivity contribution in [3.05, 3.63) is 23.9 Å². The second kappa shape index (κ2) is 2.86. The Hall–Kier alpha value is -1.49. The standard InChI is InChI=1S/C10H10N2/c1-2-8-4-3-5-10(11-8)12-9-6-7-9/h1,3-5,9H,6-7H2,(H,11,12). The Morgan fingerprint density at radius 1 is 1.50 bits per heavy atom. The number of terminal acetylenes is 1. The van der Waals surface area contributed by atoms with Gasteiger partial charge in [-0.2, -0.15) is 0 Å². The molecule has 1 saturated carbocycles. The zero-order valence-corrected chi connectivity index (χ0v) is 6.75. The van der Waals surface area contributed by atoms with Crippen molar-refractivity contribution >= 4 is 5.82 Å². The van der Waals surface area contributed by atoms with Crippen LogP contribution in [0.25, 0.3) is 0 Å². The first-order valence-electron chi connectivity index (χ1n) is 4.09. The first kappa shape index (κ1) is 7.17. The van der Waals surface area contributed by atoms with Gasteiger partial charge in [0.2, 0.25) is 0 Å². The number of pyridine rings is 1. The number of aromatic nitrogens is 1. The minimum Gasteiger partial charge on any atom is -0.367 e. The minimum atomic E-state index is 0.630. The lowest BCUT2D eigenvalue weighted by Gasteiger charge is -2.02. The van der Waals surface area contributed by atoms with Gasteiger partial charge in [-0.15, -0.1) is 6.42 Å². The molecule has 0 unspecified atom stereocenters. The lowest BCUT2D eigenvalue weighted by atomic mass is 10.3. The zero-order valence-electron chi connectivity index (χ0n) is 6.75. The van der Waals surface area contributed by atoms with Crippen LogP contribution >= 0.6 is 0 Å². The quantitative estimate of drug-likeness (QED) is 0.662. The molecule has 0 atom stereocenters. The van der Waals surface area contributed by atoms with Crippen LogP contribution in [0.2, 0.25) is 0 Å². The molecule has 1 aromatic heterocycles. The molecule has 1 heterocycles. The molecule has 2 heteroatoms. The predicted molar refractivity (Wildman–Crippen MR) is 48.8 cm³/mol. The lowest BCUT2D eigenvalue weighted by Crippen LogP contribution is -2.03. The van der Waals surface area contributed by atoms with E-state index < -0.39 is 0 Å². The zero-order chi connectivity index (χ0) is 8.39. The lowest BCUT2D eigenvalue weighted by molar-refractivity contribution is 1.11. The summed E-state index contributed by atoms with van der Waals surface area (Å²) >= 11 is 0. The van der Waals surface area contributed by atoms with Crippen molar-refractivity contribution in [1.29, 1.82) is 0 Å². The highest BCUT2D eigenvalue weighted by molar-refractivity contribution is 5.41. The van der Waals surface area contributed by atoms with E-state index in [9.17, 15) is 0 Å². The van der Waals surface area contributed by atoms with Crippen LogP contribution in [0.15, 0.2) is 18.2 Å². The molecule has 1 N–H and O–H groups in total. The molecule has 0 aromatic carbocycles. The van der Waals surface area contributed by atoms with Crippen molar-refractivity contribution in [2.24, 2.45) is 0 Å². The Labute approximate surface area is 72.0 Å². The van der Waals surface area contributed by atoms with Crippen LogP contribution in [0.3, 0.4) is 0 Å². The van der Waals surface area contributed by atoms with Crippen molar-refractivity contribution in [2.75, 3.05) is 5.32 Å². The van der Waals surface area contributed by atoms with Crippen molar-refractivity contribution in [3.63, 3.8) is 0 Å². The molecule has 1 aliphatic carbocycles. The fourth-order valence-corrected chi connectivity index (χ4v) is 1.03. The molecule has 2 nitrogen and oxygen atoms in total. The van der Waals surface area contributed by atoms with Gasteiger partial charge in [0.25, 0.3) is 0 Å². The summed E-state index contributed by atoms with van der Waals surface area (Å²) in [6.45, 7) is 0. The van der Waals surface area contributed by atoms with Crippen LogP contribution in [0.4, 0.5) is 5.82 Å². The van der Waals surface area contributed by atoms with Gasteiger partial charge in [0.1, 0.15) is 11.5 Å². The first-order chi connectivity index (χ1) is 5.88. The van der Waals surface area contributed by atoms with E-state index in [1.807, 2.05) is 18.2 Å². The van der Waals surface area contributed by atoms with Crippen molar-refractivity contribution in [3.8, 4) is 12.3 Å². The molecule has 0 saturated heterocycles. The molecule has 0 spiro atoms. The molecule has 1 aliphatic rings. The molecular weight excluding hydrogens is 148 g/mol. The molecule has 0 amide bonds. The third-order valence-corrected chi connectivity index (χ3v) is 1.83. The number of hydrogen-bond donors (Lipinski definition) is 1. The molecule has 0 bridgehead atoms. The number of rotatable bonds is 2.